The number of hydrogen-bond acceptors (Lipinski definition) is 7. The lowest BCUT2D eigenvalue weighted by Gasteiger charge is -2.32. The summed E-state index contributed by atoms with van der Waals surface area (Å²) in [4.78, 5) is 26.7. The number of rotatable bonds is 3. The van der Waals surface area contributed by atoms with Crippen molar-refractivity contribution in [3.05, 3.63) is 57.6 Å². The number of nitrogens with one attached hydrogen (secondary N) is 1. The average molecular weight is 422 g/mol. The van der Waals surface area contributed by atoms with Crippen LogP contribution >= 0.6 is 0 Å². The van der Waals surface area contributed by atoms with Crippen LogP contribution in [0.15, 0.2) is 39.6 Å². The zero-order valence-electron chi connectivity index (χ0n) is 17.1. The minimum Gasteiger partial charge on any atom is -0.486 e. The van der Waals surface area contributed by atoms with Gasteiger partial charge in [0, 0.05) is 42.3 Å². The molecule has 0 bridgehead atoms. The molecule has 160 valence electrons. The first-order chi connectivity index (χ1) is 15.1. The number of H-pyrrole nitrogens is 1. The number of nitrogens with zero attached hydrogens (tertiary/aromatic N) is 3. The summed E-state index contributed by atoms with van der Waals surface area (Å²) in [6.45, 7) is 4.01. The van der Waals surface area contributed by atoms with Gasteiger partial charge in [-0.25, -0.2) is 5.10 Å². The number of likely N-dealkylation sites (tertiary alicyclic amines) is 1. The molecule has 3 aromatic rings. The molecule has 1 N–H and O–H groups in total. The molecule has 0 saturated carbocycles. The second kappa shape index (κ2) is 7.90. The zero-order chi connectivity index (χ0) is 21.4. The largest absolute Gasteiger partial charge is 0.486 e. The van der Waals surface area contributed by atoms with Gasteiger partial charge >= 0.3 is 0 Å². The molecule has 4 heterocycles. The fourth-order valence-electron chi connectivity index (χ4n) is 4.13. The maximum atomic E-state index is 13.0. The highest BCUT2D eigenvalue weighted by atomic mass is 16.6. The highest BCUT2D eigenvalue weighted by molar-refractivity contribution is 5.95. The van der Waals surface area contributed by atoms with E-state index < -0.39 is 0 Å². The van der Waals surface area contributed by atoms with Crippen molar-refractivity contribution in [1.29, 1.82) is 0 Å². The van der Waals surface area contributed by atoms with E-state index in [0.717, 1.165) is 24.2 Å². The van der Waals surface area contributed by atoms with Crippen LogP contribution in [0, 0.1) is 6.92 Å². The molecule has 0 aliphatic carbocycles. The van der Waals surface area contributed by atoms with E-state index in [-0.39, 0.29) is 17.4 Å². The fraction of sp³-hybridized carbons (Fsp3) is 0.364. The first kappa shape index (κ1) is 19.3. The van der Waals surface area contributed by atoms with Gasteiger partial charge in [0.25, 0.3) is 11.5 Å². The standard InChI is InChI=1S/C22H22N4O5/c1-13-10-18(31-25-13)16-12-20(27)23-24-21(16)14-4-6-26(7-5-14)22(28)15-2-3-17-19(11-15)30-9-8-29-17/h2-3,10-12,14H,4-9H2,1H3,(H,23,27). The fourth-order valence-corrected chi connectivity index (χ4v) is 4.13. The van der Waals surface area contributed by atoms with Gasteiger partial charge < -0.3 is 18.9 Å². The number of benzene rings is 1. The Morgan fingerprint density at radius 1 is 1.10 bits per heavy atom. The Morgan fingerprint density at radius 3 is 2.61 bits per heavy atom. The molecule has 0 unspecified atom stereocenters. The van der Waals surface area contributed by atoms with Gasteiger partial charge in [-0.2, -0.15) is 5.10 Å². The van der Waals surface area contributed by atoms with Crippen LogP contribution in [0.25, 0.3) is 11.3 Å². The van der Waals surface area contributed by atoms with E-state index in [9.17, 15) is 9.59 Å². The third-order valence-corrected chi connectivity index (χ3v) is 5.69. The van der Waals surface area contributed by atoms with Crippen molar-refractivity contribution >= 4 is 5.91 Å². The van der Waals surface area contributed by atoms with Crippen molar-refractivity contribution in [2.75, 3.05) is 26.3 Å². The van der Waals surface area contributed by atoms with Gasteiger partial charge in [0.1, 0.15) is 13.2 Å². The topological polar surface area (TPSA) is 111 Å². The number of piperidine rings is 1. The molecule has 31 heavy (non-hydrogen) atoms. The highest BCUT2D eigenvalue weighted by Crippen LogP contribution is 2.35. The average Bonchev–Trinajstić information content (AvgIpc) is 3.24. The van der Waals surface area contributed by atoms with E-state index in [1.807, 2.05) is 11.8 Å². The number of carbonyl (C=O) groups is 1. The molecule has 0 radical (unpaired) electrons. The first-order valence-corrected chi connectivity index (χ1v) is 10.3. The normalized spacial score (nSPS) is 16.4. The van der Waals surface area contributed by atoms with Crippen molar-refractivity contribution in [1.82, 2.24) is 20.3 Å². The number of carbonyl (C=O) groups excluding carboxylic acids is 1. The predicted octanol–water partition coefficient (Wildman–Crippen LogP) is 2.52. The van der Waals surface area contributed by atoms with Gasteiger partial charge in [-0.1, -0.05) is 5.16 Å². The second-order valence-electron chi connectivity index (χ2n) is 7.79. The Labute approximate surface area is 178 Å². The molecule has 2 aliphatic heterocycles. The monoisotopic (exact) mass is 422 g/mol. The number of hydrogen-bond donors (Lipinski definition) is 1. The molecule has 5 rings (SSSR count). The number of ether oxygens (including phenoxy) is 2. The Morgan fingerprint density at radius 2 is 1.87 bits per heavy atom. The van der Waals surface area contributed by atoms with Gasteiger partial charge in [0.15, 0.2) is 17.3 Å². The van der Waals surface area contributed by atoms with Crippen molar-refractivity contribution in [2.45, 2.75) is 25.7 Å². The molecule has 1 fully saturated rings. The summed E-state index contributed by atoms with van der Waals surface area (Å²) < 4.78 is 16.5. The molecule has 1 saturated heterocycles. The van der Waals surface area contributed by atoms with Gasteiger partial charge in [-0.05, 0) is 38.0 Å². The van der Waals surface area contributed by atoms with E-state index in [1.54, 1.807) is 24.3 Å². The molecule has 9 nitrogen and oxygen atoms in total. The van der Waals surface area contributed by atoms with Gasteiger partial charge in [-0.3, -0.25) is 9.59 Å². The van der Waals surface area contributed by atoms with Crippen molar-refractivity contribution in [3.8, 4) is 22.8 Å². The van der Waals surface area contributed by atoms with E-state index in [1.165, 1.54) is 6.07 Å². The van der Waals surface area contributed by atoms with E-state index in [0.29, 0.717) is 54.7 Å². The molecular formula is C22H22N4O5. The smallest absolute Gasteiger partial charge is 0.264 e. The lowest BCUT2D eigenvalue weighted by Crippen LogP contribution is -2.38. The third kappa shape index (κ3) is 3.78. The van der Waals surface area contributed by atoms with E-state index in [4.69, 9.17) is 14.0 Å². The predicted molar refractivity (Wildman–Crippen MR) is 110 cm³/mol. The van der Waals surface area contributed by atoms with Crippen LogP contribution in [0.2, 0.25) is 0 Å². The van der Waals surface area contributed by atoms with Crippen molar-refractivity contribution in [3.63, 3.8) is 0 Å². The Bertz CT molecular complexity index is 1180. The van der Waals surface area contributed by atoms with Crippen LogP contribution in [0.1, 0.15) is 40.5 Å². The molecule has 1 amide bonds. The summed E-state index contributed by atoms with van der Waals surface area (Å²) in [5.74, 6) is 1.87. The summed E-state index contributed by atoms with van der Waals surface area (Å²) >= 11 is 0. The third-order valence-electron chi connectivity index (χ3n) is 5.69. The minimum absolute atomic E-state index is 0.0315. The van der Waals surface area contributed by atoms with Crippen molar-refractivity contribution < 1.29 is 18.8 Å². The maximum absolute atomic E-state index is 13.0. The lowest BCUT2D eigenvalue weighted by molar-refractivity contribution is 0.0711. The van der Waals surface area contributed by atoms with Crippen LogP contribution in [0.5, 0.6) is 11.5 Å². The van der Waals surface area contributed by atoms with Crippen LogP contribution < -0.4 is 15.0 Å². The maximum Gasteiger partial charge on any atom is 0.264 e. The SMILES string of the molecule is Cc1cc(-c2cc(=O)[nH]nc2C2CCN(C(=O)c3ccc4c(c3)OCCO4)CC2)on1. The Kier molecular flexibility index (Phi) is 4.93. The highest BCUT2D eigenvalue weighted by Gasteiger charge is 2.29. The number of fused-ring (bicyclic) bond motifs is 1. The molecule has 2 aromatic heterocycles. The Hall–Kier alpha value is -3.62. The van der Waals surface area contributed by atoms with Gasteiger partial charge in [-0.15, -0.1) is 0 Å². The molecular weight excluding hydrogens is 400 g/mol. The molecule has 2 aliphatic rings. The second-order valence-corrected chi connectivity index (χ2v) is 7.79. The number of aromatic nitrogens is 3. The van der Waals surface area contributed by atoms with Crippen LogP contribution in [-0.2, 0) is 0 Å². The minimum atomic E-state index is -0.293. The number of aromatic amines is 1. The summed E-state index contributed by atoms with van der Waals surface area (Å²) in [6, 6.07) is 8.59. The molecule has 0 spiro atoms. The summed E-state index contributed by atoms with van der Waals surface area (Å²) in [7, 11) is 0. The lowest BCUT2D eigenvalue weighted by atomic mass is 9.89. The van der Waals surface area contributed by atoms with E-state index >= 15 is 0 Å². The first-order valence-electron chi connectivity index (χ1n) is 10.3. The number of amides is 1. The van der Waals surface area contributed by atoms with Crippen LogP contribution in [-0.4, -0.2) is 52.5 Å². The molecule has 1 aromatic carbocycles. The number of aryl methyl sites for hydroxylation is 1. The summed E-state index contributed by atoms with van der Waals surface area (Å²) in [5, 5.41) is 10.8. The van der Waals surface area contributed by atoms with Crippen LogP contribution in [0.4, 0.5) is 0 Å². The molecule has 9 heteroatoms. The summed E-state index contributed by atoms with van der Waals surface area (Å²) in [5.41, 5.74) is 2.45. The van der Waals surface area contributed by atoms with E-state index in [2.05, 4.69) is 15.4 Å². The van der Waals surface area contributed by atoms with Gasteiger partial charge in [0.2, 0.25) is 0 Å². The quantitative estimate of drug-likeness (QED) is 0.690. The van der Waals surface area contributed by atoms with Crippen molar-refractivity contribution in [2.24, 2.45) is 0 Å². The van der Waals surface area contributed by atoms with Gasteiger partial charge in [0.05, 0.1) is 11.4 Å². The Balaban J connectivity index is 1.32. The zero-order valence-corrected chi connectivity index (χ0v) is 17.1. The summed E-state index contributed by atoms with van der Waals surface area (Å²) in [6.07, 6.45) is 1.46. The molecule has 0 atom stereocenters. The van der Waals surface area contributed by atoms with Crippen LogP contribution in [0.3, 0.4) is 0 Å².